The van der Waals surface area contributed by atoms with Crippen molar-refractivity contribution in [2.24, 2.45) is 0 Å². The zero-order valence-corrected chi connectivity index (χ0v) is 11.5. The minimum absolute atomic E-state index is 0.107. The van der Waals surface area contributed by atoms with E-state index in [0.29, 0.717) is 28.4 Å². The molecule has 0 aliphatic rings. The fourth-order valence-electron chi connectivity index (χ4n) is 2.06. The Balaban J connectivity index is 2.43. The molecule has 2 rings (SSSR count). The van der Waals surface area contributed by atoms with Gasteiger partial charge in [0.15, 0.2) is 0 Å². The smallest absolute Gasteiger partial charge is 0.136 e. The second-order valence-electron chi connectivity index (χ2n) is 4.42. The van der Waals surface area contributed by atoms with Crippen LogP contribution in [0.4, 0.5) is 0 Å². The van der Waals surface area contributed by atoms with E-state index >= 15 is 0 Å². The van der Waals surface area contributed by atoms with E-state index in [4.69, 9.17) is 9.47 Å². The van der Waals surface area contributed by atoms with Crippen LogP contribution in [0, 0.1) is 0 Å². The van der Waals surface area contributed by atoms with Gasteiger partial charge in [0.05, 0.1) is 25.4 Å². The maximum absolute atomic E-state index is 9.91. The van der Waals surface area contributed by atoms with Crippen LogP contribution in [0.3, 0.4) is 0 Å². The lowest BCUT2D eigenvalue weighted by Crippen LogP contribution is -2.01. The van der Waals surface area contributed by atoms with Crippen LogP contribution in [0.1, 0.15) is 24.2 Å². The highest BCUT2D eigenvalue weighted by Gasteiger charge is 2.16. The van der Waals surface area contributed by atoms with E-state index in [2.05, 4.69) is 0 Å². The van der Waals surface area contributed by atoms with E-state index in [1.807, 2.05) is 12.1 Å². The van der Waals surface area contributed by atoms with Crippen molar-refractivity contribution in [1.82, 2.24) is 0 Å². The summed E-state index contributed by atoms with van der Waals surface area (Å²) < 4.78 is 11.1. The molecule has 0 aliphatic heterocycles. The minimum Gasteiger partial charge on any atom is -0.496 e. The summed E-state index contributed by atoms with van der Waals surface area (Å²) in [4.78, 5) is 0. The summed E-state index contributed by atoms with van der Waals surface area (Å²) in [5.41, 5.74) is 1.27. The molecular weight excluding hydrogens is 256 g/mol. The Hall–Kier alpha value is -2.04. The summed E-state index contributed by atoms with van der Waals surface area (Å²) >= 11 is 0. The summed E-state index contributed by atoms with van der Waals surface area (Å²) in [6, 6.07) is 12.6. The van der Waals surface area contributed by atoms with Crippen molar-refractivity contribution in [1.29, 1.82) is 0 Å². The summed E-state index contributed by atoms with van der Waals surface area (Å²) in [6.45, 7) is 1.55. The molecule has 2 aromatic carbocycles. The Kier molecular flexibility index (Phi) is 4.61. The van der Waals surface area contributed by atoms with Crippen molar-refractivity contribution in [2.75, 3.05) is 7.11 Å². The number of para-hydroxylation sites is 1. The van der Waals surface area contributed by atoms with E-state index in [0.717, 1.165) is 0 Å². The van der Waals surface area contributed by atoms with Crippen LogP contribution in [0.15, 0.2) is 42.5 Å². The van der Waals surface area contributed by atoms with Gasteiger partial charge in [0, 0.05) is 5.56 Å². The average molecular weight is 274 g/mol. The summed E-state index contributed by atoms with van der Waals surface area (Å²) in [6.07, 6.45) is -0.720. The first-order chi connectivity index (χ1) is 9.67. The Morgan fingerprint density at radius 3 is 2.30 bits per heavy atom. The van der Waals surface area contributed by atoms with Gasteiger partial charge in [-0.25, -0.2) is 0 Å². The third kappa shape index (κ3) is 2.92. The highest BCUT2D eigenvalue weighted by molar-refractivity contribution is 5.48. The SMILES string of the molecule is COc1cccc(Oc2ccccc2CO)c1[C@H](C)O. The van der Waals surface area contributed by atoms with Gasteiger partial charge in [-0.2, -0.15) is 0 Å². The van der Waals surface area contributed by atoms with E-state index in [-0.39, 0.29) is 6.61 Å². The Morgan fingerprint density at radius 1 is 1.00 bits per heavy atom. The summed E-state index contributed by atoms with van der Waals surface area (Å²) in [7, 11) is 1.55. The summed E-state index contributed by atoms with van der Waals surface area (Å²) in [5.74, 6) is 1.64. The van der Waals surface area contributed by atoms with Gasteiger partial charge in [0.25, 0.3) is 0 Å². The van der Waals surface area contributed by atoms with Crippen LogP contribution >= 0.6 is 0 Å². The number of rotatable bonds is 5. The zero-order valence-electron chi connectivity index (χ0n) is 11.5. The minimum atomic E-state index is -0.720. The van der Waals surface area contributed by atoms with Crippen LogP contribution in [-0.4, -0.2) is 17.3 Å². The van der Waals surface area contributed by atoms with Crippen molar-refractivity contribution < 1.29 is 19.7 Å². The first-order valence-corrected chi connectivity index (χ1v) is 6.39. The normalized spacial score (nSPS) is 12.0. The summed E-state index contributed by atoms with van der Waals surface area (Å²) in [5, 5.41) is 19.2. The third-order valence-electron chi connectivity index (χ3n) is 3.03. The van der Waals surface area contributed by atoms with E-state index in [1.165, 1.54) is 0 Å². The largest absolute Gasteiger partial charge is 0.496 e. The van der Waals surface area contributed by atoms with Crippen LogP contribution in [0.5, 0.6) is 17.2 Å². The lowest BCUT2D eigenvalue weighted by Gasteiger charge is -2.17. The molecule has 4 heteroatoms. The molecule has 0 bridgehead atoms. The van der Waals surface area contributed by atoms with E-state index < -0.39 is 6.10 Å². The molecule has 106 valence electrons. The topological polar surface area (TPSA) is 58.9 Å². The van der Waals surface area contributed by atoms with E-state index in [1.54, 1.807) is 44.4 Å². The number of aliphatic hydroxyl groups excluding tert-OH is 2. The van der Waals surface area contributed by atoms with Gasteiger partial charge in [-0.1, -0.05) is 24.3 Å². The average Bonchev–Trinajstić information content (AvgIpc) is 2.47. The molecule has 0 heterocycles. The van der Waals surface area contributed by atoms with Crippen molar-refractivity contribution in [3.63, 3.8) is 0 Å². The molecule has 0 radical (unpaired) electrons. The molecule has 2 N–H and O–H groups in total. The van der Waals surface area contributed by atoms with Gasteiger partial charge >= 0.3 is 0 Å². The van der Waals surface area contributed by atoms with Crippen molar-refractivity contribution in [2.45, 2.75) is 19.6 Å². The standard InChI is InChI=1S/C16H18O4/c1-11(18)16-14(19-2)8-5-9-15(16)20-13-7-4-3-6-12(13)10-17/h3-9,11,17-18H,10H2,1-2H3/t11-/m0/s1. The van der Waals surface area contributed by atoms with Gasteiger partial charge < -0.3 is 19.7 Å². The van der Waals surface area contributed by atoms with Crippen molar-refractivity contribution >= 4 is 0 Å². The number of ether oxygens (including phenoxy) is 2. The van der Waals surface area contributed by atoms with Gasteiger partial charge in [0.1, 0.15) is 17.2 Å². The van der Waals surface area contributed by atoms with Crippen molar-refractivity contribution in [3.05, 3.63) is 53.6 Å². The van der Waals surface area contributed by atoms with Crippen LogP contribution in [0.2, 0.25) is 0 Å². The maximum Gasteiger partial charge on any atom is 0.136 e. The number of hydrogen-bond donors (Lipinski definition) is 2. The Labute approximate surface area is 118 Å². The van der Waals surface area contributed by atoms with Crippen LogP contribution < -0.4 is 9.47 Å². The fraction of sp³-hybridized carbons (Fsp3) is 0.250. The molecule has 20 heavy (non-hydrogen) atoms. The lowest BCUT2D eigenvalue weighted by atomic mass is 10.1. The predicted octanol–water partition coefficient (Wildman–Crippen LogP) is 3.03. The molecule has 0 saturated carbocycles. The van der Waals surface area contributed by atoms with Gasteiger partial charge in [0.2, 0.25) is 0 Å². The lowest BCUT2D eigenvalue weighted by molar-refractivity contribution is 0.190. The van der Waals surface area contributed by atoms with Crippen LogP contribution in [0.25, 0.3) is 0 Å². The number of methoxy groups -OCH3 is 1. The number of benzene rings is 2. The second-order valence-corrected chi connectivity index (χ2v) is 4.42. The van der Waals surface area contributed by atoms with Crippen molar-refractivity contribution in [3.8, 4) is 17.2 Å². The molecule has 4 nitrogen and oxygen atoms in total. The van der Waals surface area contributed by atoms with Crippen LogP contribution in [-0.2, 0) is 6.61 Å². The van der Waals surface area contributed by atoms with E-state index in [9.17, 15) is 10.2 Å². The highest BCUT2D eigenvalue weighted by Crippen LogP contribution is 2.37. The van der Waals surface area contributed by atoms with Gasteiger partial charge in [-0.15, -0.1) is 0 Å². The molecular formula is C16H18O4. The molecule has 0 saturated heterocycles. The Bertz CT molecular complexity index is 578. The third-order valence-corrected chi connectivity index (χ3v) is 3.03. The molecule has 1 atom stereocenters. The van der Waals surface area contributed by atoms with Gasteiger partial charge in [-0.05, 0) is 25.1 Å². The Morgan fingerprint density at radius 2 is 1.65 bits per heavy atom. The number of aliphatic hydroxyl groups is 2. The van der Waals surface area contributed by atoms with Gasteiger partial charge in [-0.3, -0.25) is 0 Å². The predicted molar refractivity (Wildman–Crippen MR) is 76.1 cm³/mol. The zero-order chi connectivity index (χ0) is 14.5. The highest BCUT2D eigenvalue weighted by atomic mass is 16.5. The molecule has 0 unspecified atom stereocenters. The quantitative estimate of drug-likeness (QED) is 0.880. The maximum atomic E-state index is 9.91. The molecule has 0 aliphatic carbocycles. The first-order valence-electron chi connectivity index (χ1n) is 6.39. The molecule has 2 aromatic rings. The molecule has 0 amide bonds. The number of hydrogen-bond acceptors (Lipinski definition) is 4. The first kappa shape index (κ1) is 14.4. The second kappa shape index (κ2) is 6.41. The fourth-order valence-corrected chi connectivity index (χ4v) is 2.06. The molecule has 0 spiro atoms. The monoisotopic (exact) mass is 274 g/mol. The molecule has 0 fully saturated rings. The molecule has 0 aromatic heterocycles.